The van der Waals surface area contributed by atoms with E-state index in [2.05, 4.69) is 5.32 Å². The third-order valence-corrected chi connectivity index (χ3v) is 4.41. The number of ether oxygens (including phenoxy) is 1. The number of hydrogen-bond acceptors (Lipinski definition) is 5. The van der Waals surface area contributed by atoms with Gasteiger partial charge in [0.25, 0.3) is 5.91 Å². The molecule has 0 saturated carbocycles. The van der Waals surface area contributed by atoms with E-state index in [9.17, 15) is 9.59 Å². The molecule has 3 rings (SSSR count). The number of benzene rings is 2. The minimum atomic E-state index is -0.488. The van der Waals surface area contributed by atoms with Gasteiger partial charge >= 0.3 is 0 Å². The molecule has 0 aliphatic carbocycles. The van der Waals surface area contributed by atoms with E-state index in [4.69, 9.17) is 9.15 Å². The minimum absolute atomic E-state index is 0.0647. The smallest absolute Gasteiger partial charge is 0.291 e. The molecule has 6 heteroatoms. The predicted octanol–water partition coefficient (Wildman–Crippen LogP) is 4.19. The molecule has 3 aromatic rings. The molecule has 132 valence electrons. The Morgan fingerprint density at radius 3 is 2.58 bits per heavy atom. The quantitative estimate of drug-likeness (QED) is 0.662. The molecule has 5 nitrogen and oxygen atoms in total. The molecule has 1 heterocycles. The lowest BCUT2D eigenvalue weighted by atomic mass is 10.2. The van der Waals surface area contributed by atoms with Crippen molar-refractivity contribution in [2.45, 2.75) is 11.5 Å². The zero-order valence-corrected chi connectivity index (χ0v) is 14.9. The Labute approximate surface area is 155 Å². The Bertz CT molecular complexity index is 953. The maximum absolute atomic E-state index is 12.3. The van der Waals surface area contributed by atoms with Gasteiger partial charge in [-0.05, 0) is 24.0 Å². The average Bonchev–Trinajstić information content (AvgIpc) is 2.68. The summed E-state index contributed by atoms with van der Waals surface area (Å²) in [5.41, 5.74) is 1.19. The number of nitrogens with one attached hydrogen (secondary N) is 1. The third kappa shape index (κ3) is 4.34. The molecule has 0 saturated heterocycles. The highest BCUT2D eigenvalue weighted by Crippen LogP contribution is 2.25. The highest BCUT2D eigenvalue weighted by Gasteiger charge is 2.14. The Morgan fingerprint density at radius 2 is 1.85 bits per heavy atom. The molecule has 0 atom stereocenters. The molecule has 1 N–H and O–H groups in total. The molecule has 0 aliphatic heterocycles. The molecule has 26 heavy (non-hydrogen) atoms. The lowest BCUT2D eigenvalue weighted by Crippen LogP contribution is -2.16. The number of rotatable bonds is 6. The number of amides is 1. The molecule has 0 aliphatic rings. The molecule has 1 amide bonds. The summed E-state index contributed by atoms with van der Waals surface area (Å²) in [4.78, 5) is 25.4. The van der Waals surface area contributed by atoms with Crippen LogP contribution in [0.15, 0.2) is 81.0 Å². The minimum Gasteiger partial charge on any atom is -0.482 e. The monoisotopic (exact) mass is 367 g/mol. The molecule has 0 radical (unpaired) electrons. The number of thioether (sulfide) groups is 1. The van der Waals surface area contributed by atoms with E-state index in [0.29, 0.717) is 5.69 Å². The van der Waals surface area contributed by atoms with Crippen molar-refractivity contribution in [3.8, 4) is 5.75 Å². The van der Waals surface area contributed by atoms with E-state index < -0.39 is 11.3 Å². The Morgan fingerprint density at radius 1 is 1.12 bits per heavy atom. The second kappa shape index (κ2) is 8.40. The van der Waals surface area contributed by atoms with Gasteiger partial charge in [0.1, 0.15) is 12.9 Å². The zero-order valence-electron chi connectivity index (χ0n) is 14.1. The van der Waals surface area contributed by atoms with Gasteiger partial charge in [-0.25, -0.2) is 0 Å². The molecule has 2 aromatic carbocycles. The highest BCUT2D eigenvalue weighted by atomic mass is 32.2. The highest BCUT2D eigenvalue weighted by molar-refractivity contribution is 7.98. The lowest BCUT2D eigenvalue weighted by Gasteiger charge is -2.09. The van der Waals surface area contributed by atoms with Crippen LogP contribution in [0.3, 0.4) is 0 Å². The van der Waals surface area contributed by atoms with Gasteiger partial charge in [0, 0.05) is 11.0 Å². The van der Waals surface area contributed by atoms with E-state index in [-0.39, 0.29) is 18.1 Å². The van der Waals surface area contributed by atoms with Gasteiger partial charge in [-0.1, -0.05) is 42.5 Å². The summed E-state index contributed by atoms with van der Waals surface area (Å²) < 4.78 is 10.8. The Balaban J connectivity index is 1.70. The SMILES string of the molecule is CSc1ccccc1NC(=O)c1cc(=O)c(OCc2ccccc2)co1. The summed E-state index contributed by atoms with van der Waals surface area (Å²) in [6.07, 6.45) is 3.09. The zero-order chi connectivity index (χ0) is 18.4. The van der Waals surface area contributed by atoms with Gasteiger partial charge < -0.3 is 14.5 Å². The van der Waals surface area contributed by atoms with Crippen molar-refractivity contribution in [2.75, 3.05) is 11.6 Å². The van der Waals surface area contributed by atoms with Crippen LogP contribution in [0.5, 0.6) is 5.75 Å². The second-order valence-electron chi connectivity index (χ2n) is 5.40. The fourth-order valence-electron chi connectivity index (χ4n) is 2.29. The van der Waals surface area contributed by atoms with Crippen molar-refractivity contribution in [2.24, 2.45) is 0 Å². The maximum atomic E-state index is 12.3. The second-order valence-corrected chi connectivity index (χ2v) is 6.25. The first-order valence-corrected chi connectivity index (χ1v) is 9.14. The van der Waals surface area contributed by atoms with Crippen molar-refractivity contribution in [3.63, 3.8) is 0 Å². The number of anilines is 1. The van der Waals surface area contributed by atoms with Crippen LogP contribution in [0, 0.1) is 0 Å². The predicted molar refractivity (Wildman–Crippen MR) is 102 cm³/mol. The van der Waals surface area contributed by atoms with Crippen LogP contribution < -0.4 is 15.5 Å². The molecular formula is C20H17NO4S. The lowest BCUT2D eigenvalue weighted by molar-refractivity contribution is 0.0993. The average molecular weight is 367 g/mol. The van der Waals surface area contributed by atoms with Gasteiger partial charge in [-0.2, -0.15) is 0 Å². The van der Waals surface area contributed by atoms with Crippen LogP contribution in [-0.2, 0) is 6.61 Å². The fraction of sp³-hybridized carbons (Fsp3) is 0.100. The first-order valence-electron chi connectivity index (χ1n) is 7.91. The summed E-state index contributed by atoms with van der Waals surface area (Å²) in [6.45, 7) is 0.248. The third-order valence-electron chi connectivity index (χ3n) is 3.61. The summed E-state index contributed by atoms with van der Waals surface area (Å²) in [5, 5.41) is 2.75. The Hall–Kier alpha value is -2.99. The number of carbonyl (C=O) groups excluding carboxylic acids is 1. The molecule has 1 aromatic heterocycles. The van der Waals surface area contributed by atoms with Crippen molar-refractivity contribution in [1.29, 1.82) is 0 Å². The van der Waals surface area contributed by atoms with E-state index >= 15 is 0 Å². The van der Waals surface area contributed by atoms with Crippen molar-refractivity contribution in [3.05, 3.63) is 88.5 Å². The molecule has 0 fully saturated rings. The number of para-hydroxylation sites is 1. The normalized spacial score (nSPS) is 10.3. The van der Waals surface area contributed by atoms with Gasteiger partial charge in [0.15, 0.2) is 5.76 Å². The van der Waals surface area contributed by atoms with E-state index in [1.54, 1.807) is 6.07 Å². The molecule has 0 spiro atoms. The van der Waals surface area contributed by atoms with Crippen molar-refractivity contribution < 1.29 is 13.9 Å². The summed E-state index contributed by atoms with van der Waals surface area (Å²) in [7, 11) is 0. The van der Waals surface area contributed by atoms with Crippen LogP contribution in [0.25, 0.3) is 0 Å². The van der Waals surface area contributed by atoms with E-state index in [1.807, 2.05) is 54.8 Å². The first-order chi connectivity index (χ1) is 12.7. The largest absolute Gasteiger partial charge is 0.482 e. The van der Waals surface area contributed by atoms with Crippen LogP contribution in [0.2, 0.25) is 0 Å². The molecule has 0 bridgehead atoms. The topological polar surface area (TPSA) is 68.5 Å². The van der Waals surface area contributed by atoms with Gasteiger partial charge in [-0.15, -0.1) is 11.8 Å². The van der Waals surface area contributed by atoms with Crippen LogP contribution in [0.1, 0.15) is 16.1 Å². The van der Waals surface area contributed by atoms with Gasteiger partial charge in [-0.3, -0.25) is 9.59 Å². The fourth-order valence-corrected chi connectivity index (χ4v) is 2.84. The summed E-state index contributed by atoms with van der Waals surface area (Å²) in [5.74, 6) is -0.494. The van der Waals surface area contributed by atoms with Crippen LogP contribution in [0.4, 0.5) is 5.69 Å². The maximum Gasteiger partial charge on any atom is 0.291 e. The first kappa shape index (κ1) is 17.8. The molecular weight excluding hydrogens is 350 g/mol. The Kier molecular flexibility index (Phi) is 5.76. The number of carbonyl (C=O) groups is 1. The number of hydrogen-bond donors (Lipinski definition) is 1. The van der Waals surface area contributed by atoms with Crippen molar-refractivity contribution >= 4 is 23.4 Å². The van der Waals surface area contributed by atoms with Crippen LogP contribution >= 0.6 is 11.8 Å². The summed E-state index contributed by atoms with van der Waals surface area (Å²) >= 11 is 1.52. The van der Waals surface area contributed by atoms with Crippen LogP contribution in [-0.4, -0.2) is 12.2 Å². The summed E-state index contributed by atoms with van der Waals surface area (Å²) in [6, 6.07) is 18.0. The van der Waals surface area contributed by atoms with E-state index in [0.717, 1.165) is 16.5 Å². The molecule has 0 unspecified atom stereocenters. The van der Waals surface area contributed by atoms with Gasteiger partial charge in [0.05, 0.1) is 5.69 Å². The van der Waals surface area contributed by atoms with Gasteiger partial charge in [0.2, 0.25) is 11.2 Å². The van der Waals surface area contributed by atoms with Crippen molar-refractivity contribution in [1.82, 2.24) is 0 Å². The van der Waals surface area contributed by atoms with E-state index in [1.165, 1.54) is 18.0 Å². The standard InChI is InChI=1S/C20H17NO4S/c1-26-19-10-6-5-9-15(19)21-20(23)17-11-16(22)18(13-25-17)24-12-14-7-3-2-4-8-14/h2-11,13H,12H2,1H3,(H,21,23).